The monoisotopic (exact) mass is 298 g/mol. The van der Waals surface area contributed by atoms with Crippen LogP contribution < -0.4 is 5.32 Å². The van der Waals surface area contributed by atoms with Gasteiger partial charge in [0.25, 0.3) is 0 Å². The van der Waals surface area contributed by atoms with Crippen molar-refractivity contribution in [1.82, 2.24) is 10.2 Å². The second-order valence-electron chi connectivity index (χ2n) is 6.84. The number of piperidine rings is 1. The highest BCUT2D eigenvalue weighted by Gasteiger charge is 2.27. The van der Waals surface area contributed by atoms with Crippen LogP contribution in [-0.2, 0) is 0 Å². The topological polar surface area (TPSA) is 15.3 Å². The summed E-state index contributed by atoms with van der Waals surface area (Å²) in [7, 11) is 0. The number of likely N-dealkylation sites (tertiary alicyclic amines) is 1. The maximum absolute atomic E-state index is 3.95. The third-order valence-electron chi connectivity index (χ3n) is 5.39. The fraction of sp³-hybridized carbons (Fsp3) is 1.00. The van der Waals surface area contributed by atoms with E-state index in [0.29, 0.717) is 0 Å². The van der Waals surface area contributed by atoms with E-state index < -0.39 is 0 Å². The van der Waals surface area contributed by atoms with E-state index in [9.17, 15) is 0 Å². The smallest absolute Gasteiger partial charge is 0.00705 e. The first-order chi connectivity index (χ1) is 9.72. The minimum atomic E-state index is 0.717. The van der Waals surface area contributed by atoms with E-state index in [-0.39, 0.29) is 0 Å². The molecular weight excluding hydrogens is 264 g/mol. The Hall–Kier alpha value is 0.270. The molecule has 0 radical (unpaired) electrons. The third-order valence-corrected chi connectivity index (χ3v) is 6.52. The second kappa shape index (κ2) is 8.65. The first kappa shape index (κ1) is 16.6. The van der Waals surface area contributed by atoms with Crippen LogP contribution in [0.3, 0.4) is 0 Å². The van der Waals surface area contributed by atoms with E-state index >= 15 is 0 Å². The Balaban J connectivity index is 1.66. The average molecular weight is 299 g/mol. The molecule has 2 nitrogen and oxygen atoms in total. The van der Waals surface area contributed by atoms with Crippen molar-refractivity contribution in [3.63, 3.8) is 0 Å². The standard InChI is InChI=1S/C17H34N2S/c1-4-11-19-12-9-15(10-13-19)14(2)18-16-5-7-17(20-3)8-6-16/h14-18H,4-13H2,1-3H3. The van der Waals surface area contributed by atoms with Crippen molar-refractivity contribution < 1.29 is 0 Å². The van der Waals surface area contributed by atoms with Crippen molar-refractivity contribution in [3.05, 3.63) is 0 Å². The van der Waals surface area contributed by atoms with Crippen LogP contribution in [0.15, 0.2) is 0 Å². The van der Waals surface area contributed by atoms with Crippen LogP contribution in [0.5, 0.6) is 0 Å². The predicted molar refractivity (Wildman–Crippen MR) is 91.6 cm³/mol. The summed E-state index contributed by atoms with van der Waals surface area (Å²) >= 11 is 2.07. The molecule has 1 unspecified atom stereocenters. The molecule has 0 amide bonds. The molecule has 2 fully saturated rings. The molecule has 1 heterocycles. The maximum atomic E-state index is 3.95. The highest BCUT2D eigenvalue weighted by atomic mass is 32.2. The molecule has 3 heteroatoms. The molecule has 1 saturated heterocycles. The van der Waals surface area contributed by atoms with E-state index in [2.05, 4.69) is 42.1 Å². The molecule has 1 aliphatic carbocycles. The first-order valence-corrected chi connectivity index (χ1v) is 10.0. The van der Waals surface area contributed by atoms with Gasteiger partial charge in [-0.1, -0.05) is 6.92 Å². The highest BCUT2D eigenvalue weighted by molar-refractivity contribution is 7.99. The number of hydrogen-bond donors (Lipinski definition) is 1. The quantitative estimate of drug-likeness (QED) is 0.804. The minimum Gasteiger partial charge on any atom is -0.311 e. The van der Waals surface area contributed by atoms with Gasteiger partial charge in [0.05, 0.1) is 0 Å². The van der Waals surface area contributed by atoms with E-state index in [1.54, 1.807) is 0 Å². The largest absolute Gasteiger partial charge is 0.311 e. The fourth-order valence-electron chi connectivity index (χ4n) is 3.97. The molecular formula is C17H34N2S. The van der Waals surface area contributed by atoms with Crippen LogP contribution in [0.2, 0.25) is 0 Å². The zero-order chi connectivity index (χ0) is 14.4. The van der Waals surface area contributed by atoms with Crippen LogP contribution >= 0.6 is 11.8 Å². The van der Waals surface area contributed by atoms with Gasteiger partial charge >= 0.3 is 0 Å². The Morgan fingerprint density at radius 1 is 1.10 bits per heavy atom. The van der Waals surface area contributed by atoms with Crippen molar-refractivity contribution >= 4 is 11.8 Å². The Bertz CT molecular complexity index is 256. The summed E-state index contributed by atoms with van der Waals surface area (Å²) in [5, 5.41) is 4.88. The Kier molecular flexibility index (Phi) is 7.20. The summed E-state index contributed by atoms with van der Waals surface area (Å²) in [6.07, 6.45) is 12.0. The molecule has 1 N–H and O–H groups in total. The molecule has 0 aromatic carbocycles. The van der Waals surface area contributed by atoms with Crippen LogP contribution in [0, 0.1) is 5.92 Å². The normalized spacial score (nSPS) is 31.4. The van der Waals surface area contributed by atoms with Gasteiger partial charge in [-0.05, 0) is 83.7 Å². The molecule has 0 aromatic rings. The van der Waals surface area contributed by atoms with Crippen molar-refractivity contribution in [2.24, 2.45) is 5.92 Å². The number of nitrogens with zero attached hydrogens (tertiary/aromatic N) is 1. The summed E-state index contributed by atoms with van der Waals surface area (Å²) < 4.78 is 0. The molecule has 20 heavy (non-hydrogen) atoms. The molecule has 2 aliphatic rings. The van der Waals surface area contributed by atoms with Gasteiger partial charge in [0.1, 0.15) is 0 Å². The maximum Gasteiger partial charge on any atom is 0.00705 e. The summed E-state index contributed by atoms with van der Waals surface area (Å²) in [6, 6.07) is 1.51. The zero-order valence-electron chi connectivity index (χ0n) is 13.7. The third kappa shape index (κ3) is 4.92. The Morgan fingerprint density at radius 3 is 2.30 bits per heavy atom. The van der Waals surface area contributed by atoms with Gasteiger partial charge in [0.15, 0.2) is 0 Å². The van der Waals surface area contributed by atoms with Crippen molar-refractivity contribution in [2.75, 3.05) is 25.9 Å². The lowest BCUT2D eigenvalue weighted by molar-refractivity contribution is 0.155. The molecule has 1 aliphatic heterocycles. The van der Waals surface area contributed by atoms with Crippen LogP contribution in [0.4, 0.5) is 0 Å². The number of nitrogens with one attached hydrogen (secondary N) is 1. The summed E-state index contributed by atoms with van der Waals surface area (Å²) in [5.74, 6) is 0.904. The lowest BCUT2D eigenvalue weighted by atomic mass is 9.88. The van der Waals surface area contributed by atoms with Gasteiger partial charge in [0.2, 0.25) is 0 Å². The molecule has 0 aromatic heterocycles. The van der Waals surface area contributed by atoms with Crippen molar-refractivity contribution in [3.8, 4) is 0 Å². The number of rotatable bonds is 6. The van der Waals surface area contributed by atoms with Crippen LogP contribution in [-0.4, -0.2) is 48.1 Å². The Morgan fingerprint density at radius 2 is 1.75 bits per heavy atom. The lowest BCUT2D eigenvalue weighted by Crippen LogP contribution is -2.46. The SMILES string of the molecule is CCCN1CCC(C(C)NC2CCC(SC)CC2)CC1. The molecule has 1 saturated carbocycles. The molecule has 1 atom stereocenters. The summed E-state index contributed by atoms with van der Waals surface area (Å²) in [5.41, 5.74) is 0. The fourth-order valence-corrected chi connectivity index (χ4v) is 4.71. The van der Waals surface area contributed by atoms with Gasteiger partial charge in [-0.15, -0.1) is 0 Å². The predicted octanol–water partition coefficient (Wildman–Crippen LogP) is 3.76. The highest BCUT2D eigenvalue weighted by Crippen LogP contribution is 2.28. The molecule has 0 spiro atoms. The molecule has 0 bridgehead atoms. The van der Waals surface area contributed by atoms with Gasteiger partial charge in [-0.2, -0.15) is 11.8 Å². The van der Waals surface area contributed by atoms with Gasteiger partial charge in [-0.25, -0.2) is 0 Å². The first-order valence-electron chi connectivity index (χ1n) is 8.74. The van der Waals surface area contributed by atoms with Gasteiger partial charge in [-0.3, -0.25) is 0 Å². The van der Waals surface area contributed by atoms with E-state index in [1.165, 1.54) is 64.6 Å². The summed E-state index contributed by atoms with van der Waals surface area (Å²) in [6.45, 7) is 8.67. The summed E-state index contributed by atoms with van der Waals surface area (Å²) in [4.78, 5) is 2.65. The van der Waals surface area contributed by atoms with E-state index in [0.717, 1.165) is 23.3 Å². The Labute approximate surface area is 130 Å². The number of thioether (sulfide) groups is 1. The van der Waals surface area contributed by atoms with Crippen LogP contribution in [0.1, 0.15) is 58.8 Å². The van der Waals surface area contributed by atoms with E-state index in [4.69, 9.17) is 0 Å². The molecule has 118 valence electrons. The lowest BCUT2D eigenvalue weighted by Gasteiger charge is -2.38. The minimum absolute atomic E-state index is 0.717. The molecule has 2 rings (SSSR count). The van der Waals surface area contributed by atoms with Crippen molar-refractivity contribution in [2.45, 2.75) is 76.1 Å². The van der Waals surface area contributed by atoms with E-state index in [1.807, 2.05) is 0 Å². The van der Waals surface area contributed by atoms with Gasteiger partial charge < -0.3 is 10.2 Å². The van der Waals surface area contributed by atoms with Crippen LogP contribution in [0.25, 0.3) is 0 Å². The van der Waals surface area contributed by atoms with Gasteiger partial charge in [0, 0.05) is 17.3 Å². The second-order valence-corrected chi connectivity index (χ2v) is 7.98. The zero-order valence-corrected chi connectivity index (χ0v) is 14.6. The van der Waals surface area contributed by atoms with Crippen molar-refractivity contribution in [1.29, 1.82) is 0 Å². The number of hydrogen-bond acceptors (Lipinski definition) is 3. The average Bonchev–Trinajstić information content (AvgIpc) is 2.49.